The quantitative estimate of drug-likeness (QED) is 0.142. The topological polar surface area (TPSA) is 46.6 Å². The van der Waals surface area contributed by atoms with E-state index in [0.29, 0.717) is 6.61 Å². The van der Waals surface area contributed by atoms with E-state index in [0.717, 1.165) is 22.3 Å². The van der Waals surface area contributed by atoms with Crippen LogP contribution in [0.1, 0.15) is 43.0 Å². The van der Waals surface area contributed by atoms with Crippen LogP contribution in [0.2, 0.25) is 0 Å². The van der Waals surface area contributed by atoms with Gasteiger partial charge in [-0.1, -0.05) is 142 Å². The van der Waals surface area contributed by atoms with Gasteiger partial charge in [0.1, 0.15) is 11.5 Å². The number of hydrogen-bond acceptors (Lipinski definition) is 3. The molecule has 4 heteroatoms. The number of ether oxygens (including phenoxy) is 1. The van der Waals surface area contributed by atoms with Crippen molar-refractivity contribution in [1.82, 2.24) is 4.90 Å². The lowest BCUT2D eigenvalue weighted by Gasteiger charge is -2.58. The van der Waals surface area contributed by atoms with E-state index >= 15 is 0 Å². The molecule has 1 heterocycles. The first-order valence-corrected chi connectivity index (χ1v) is 13.5. The Balaban J connectivity index is 1.66. The number of carbonyl (C=O) groups is 2. The van der Waals surface area contributed by atoms with Gasteiger partial charge in [-0.15, -0.1) is 0 Å². The van der Waals surface area contributed by atoms with Crippen LogP contribution in [0.4, 0.5) is 0 Å². The van der Waals surface area contributed by atoms with Gasteiger partial charge in [-0.05, 0) is 22.3 Å². The largest absolute Gasteiger partial charge is 0.375 e. The molecule has 0 N–H and O–H groups in total. The summed E-state index contributed by atoms with van der Waals surface area (Å²) in [4.78, 5) is 29.9. The maximum absolute atomic E-state index is 14.3. The molecule has 1 aliphatic heterocycles. The number of carbonyl (C=O) groups excluding carboxylic acids is 2. The highest BCUT2D eigenvalue weighted by Crippen LogP contribution is 2.50. The Bertz CT molecular complexity index is 1300. The molecule has 39 heavy (non-hydrogen) atoms. The lowest BCUT2D eigenvalue weighted by molar-refractivity contribution is -0.176. The van der Waals surface area contributed by atoms with Crippen molar-refractivity contribution in [2.24, 2.45) is 11.3 Å². The van der Waals surface area contributed by atoms with Gasteiger partial charge in [0, 0.05) is 5.41 Å². The number of likely N-dealkylation sites (tertiary alicyclic amines) is 1. The zero-order chi connectivity index (χ0) is 27.5. The first-order valence-electron chi connectivity index (χ1n) is 13.5. The van der Waals surface area contributed by atoms with Gasteiger partial charge in [-0.3, -0.25) is 9.59 Å². The lowest BCUT2D eigenvalue weighted by Crippen LogP contribution is -2.72. The van der Waals surface area contributed by atoms with Gasteiger partial charge >= 0.3 is 0 Å². The van der Waals surface area contributed by atoms with E-state index < -0.39 is 22.9 Å². The maximum atomic E-state index is 14.3. The van der Waals surface area contributed by atoms with Gasteiger partial charge in [0.25, 0.3) is 0 Å². The normalized spacial score (nSPS) is 17.5. The Labute approximate surface area is 231 Å². The van der Waals surface area contributed by atoms with Gasteiger partial charge < -0.3 is 9.64 Å². The van der Waals surface area contributed by atoms with Crippen molar-refractivity contribution in [1.29, 1.82) is 0 Å². The fourth-order valence-corrected chi connectivity index (χ4v) is 5.71. The molecule has 0 saturated carbocycles. The van der Waals surface area contributed by atoms with Crippen molar-refractivity contribution in [2.45, 2.75) is 39.0 Å². The van der Waals surface area contributed by atoms with Crippen molar-refractivity contribution in [3.05, 3.63) is 144 Å². The fraction of sp³-hybridized carbons (Fsp3) is 0.257. The Kier molecular flexibility index (Phi) is 7.49. The van der Waals surface area contributed by atoms with E-state index in [9.17, 15) is 9.59 Å². The number of benzene rings is 4. The molecule has 4 aromatic rings. The molecule has 0 unspecified atom stereocenters. The Hall–Kier alpha value is -4.02. The van der Waals surface area contributed by atoms with E-state index in [1.165, 1.54) is 0 Å². The van der Waals surface area contributed by atoms with Gasteiger partial charge in [0.15, 0.2) is 5.78 Å². The molecule has 2 atom stereocenters. The lowest BCUT2D eigenvalue weighted by atomic mass is 9.67. The van der Waals surface area contributed by atoms with Gasteiger partial charge in [-0.25, -0.2) is 0 Å². The molecular weight excluding hydrogens is 482 g/mol. The number of nitrogens with zero attached hydrogens (tertiary/aromatic N) is 1. The molecule has 0 spiro atoms. The average Bonchev–Trinajstić information content (AvgIpc) is 2.96. The molecule has 5 rings (SSSR count). The molecule has 0 bridgehead atoms. The van der Waals surface area contributed by atoms with Crippen molar-refractivity contribution in [3.63, 3.8) is 0 Å². The number of hydrogen-bond donors (Lipinski definition) is 0. The van der Waals surface area contributed by atoms with Crippen LogP contribution in [0.25, 0.3) is 0 Å². The van der Waals surface area contributed by atoms with Crippen LogP contribution in [0.5, 0.6) is 0 Å². The summed E-state index contributed by atoms with van der Waals surface area (Å²) in [5, 5.41) is 0. The second-order valence-electron chi connectivity index (χ2n) is 11.2. The van der Waals surface area contributed by atoms with Crippen molar-refractivity contribution >= 4 is 11.7 Å². The summed E-state index contributed by atoms with van der Waals surface area (Å²) in [5.41, 5.74) is 2.35. The van der Waals surface area contributed by atoms with Crippen LogP contribution in [0.15, 0.2) is 121 Å². The molecule has 1 fully saturated rings. The Morgan fingerprint density at radius 1 is 0.692 bits per heavy atom. The van der Waals surface area contributed by atoms with Crippen molar-refractivity contribution in [2.75, 3.05) is 6.61 Å². The highest BCUT2D eigenvalue weighted by Gasteiger charge is 2.61. The van der Waals surface area contributed by atoms with Gasteiger partial charge in [0.2, 0.25) is 5.91 Å². The number of β-lactam (4-membered cyclic amide) rings is 1. The van der Waals surface area contributed by atoms with Crippen LogP contribution in [0.3, 0.4) is 0 Å². The third kappa shape index (κ3) is 4.93. The van der Waals surface area contributed by atoms with Crippen molar-refractivity contribution < 1.29 is 14.3 Å². The molecular formula is C35H35NO3. The molecule has 0 aliphatic carbocycles. The summed E-state index contributed by atoms with van der Waals surface area (Å²) in [6.45, 7) is 6.30. The first kappa shape index (κ1) is 26.6. The molecule has 1 amide bonds. The minimum atomic E-state index is -0.934. The summed E-state index contributed by atoms with van der Waals surface area (Å²) in [6.07, 6.45) is 0. The third-order valence-electron chi connectivity index (χ3n) is 7.58. The summed E-state index contributed by atoms with van der Waals surface area (Å²) < 4.78 is 6.25. The van der Waals surface area contributed by atoms with E-state index in [-0.39, 0.29) is 18.3 Å². The van der Waals surface area contributed by atoms with Crippen LogP contribution >= 0.6 is 0 Å². The Morgan fingerprint density at radius 3 is 1.51 bits per heavy atom. The fourth-order valence-electron chi connectivity index (χ4n) is 5.71. The minimum Gasteiger partial charge on any atom is -0.375 e. The van der Waals surface area contributed by atoms with Crippen molar-refractivity contribution in [3.8, 4) is 0 Å². The highest BCUT2D eigenvalue weighted by molar-refractivity contribution is 6.09. The van der Waals surface area contributed by atoms with Crippen LogP contribution < -0.4 is 0 Å². The van der Waals surface area contributed by atoms with Crippen LogP contribution in [0, 0.1) is 11.3 Å². The highest BCUT2D eigenvalue weighted by atomic mass is 16.5. The van der Waals surface area contributed by atoms with E-state index in [1.807, 2.05) is 111 Å². The number of rotatable bonds is 9. The monoisotopic (exact) mass is 517 g/mol. The summed E-state index contributed by atoms with van der Waals surface area (Å²) in [5.74, 6) is -0.990. The van der Waals surface area contributed by atoms with Gasteiger partial charge in [-0.2, -0.15) is 0 Å². The second-order valence-corrected chi connectivity index (χ2v) is 11.2. The maximum Gasteiger partial charge on any atom is 0.237 e. The summed E-state index contributed by atoms with van der Waals surface area (Å²) in [7, 11) is 0. The predicted molar refractivity (Wildman–Crippen MR) is 154 cm³/mol. The van der Waals surface area contributed by atoms with Gasteiger partial charge in [0.05, 0.1) is 19.3 Å². The molecule has 1 saturated heterocycles. The molecule has 0 aromatic heterocycles. The second kappa shape index (κ2) is 11.0. The molecule has 4 aromatic carbocycles. The minimum absolute atomic E-state index is 0.0554. The average molecular weight is 518 g/mol. The SMILES string of the molecule is CC(C)(C)C(=O)[C@@H]1C(=O)N(C(c2ccccc2)(c2ccccc2)c2ccccc2)[C@H]1COCc1ccccc1. The zero-order valence-corrected chi connectivity index (χ0v) is 22.8. The molecule has 198 valence electrons. The number of ketones is 1. The van der Waals surface area contributed by atoms with Crippen LogP contribution in [-0.4, -0.2) is 29.2 Å². The first-order chi connectivity index (χ1) is 18.8. The number of Topliss-reactive ketones (excluding diaryl/α,β-unsaturated/α-hetero) is 1. The standard InChI is InChI=1S/C35H35NO3/c1-34(2,3)32(37)31-30(25-39-24-26-16-8-4-9-17-26)36(33(31)38)35(27-18-10-5-11-19-27,28-20-12-6-13-21-28)29-22-14-7-15-23-29/h4-23,30-31H,24-25H2,1-3H3/t30-,31+/m0/s1. The summed E-state index contributed by atoms with van der Waals surface area (Å²) >= 11 is 0. The molecule has 1 aliphatic rings. The molecule has 4 nitrogen and oxygen atoms in total. The summed E-state index contributed by atoms with van der Waals surface area (Å²) in [6, 6.07) is 39.9. The van der Waals surface area contributed by atoms with E-state index in [2.05, 4.69) is 36.4 Å². The molecule has 0 radical (unpaired) electrons. The van der Waals surface area contributed by atoms with E-state index in [1.54, 1.807) is 0 Å². The van der Waals surface area contributed by atoms with Crippen LogP contribution in [-0.2, 0) is 26.5 Å². The van der Waals surface area contributed by atoms with E-state index in [4.69, 9.17) is 4.74 Å². The number of amides is 1. The smallest absolute Gasteiger partial charge is 0.237 e. The predicted octanol–water partition coefficient (Wildman–Crippen LogP) is 6.64. The Morgan fingerprint density at radius 2 is 1.10 bits per heavy atom. The third-order valence-corrected chi connectivity index (χ3v) is 7.58. The zero-order valence-electron chi connectivity index (χ0n) is 22.8.